The van der Waals surface area contributed by atoms with Gasteiger partial charge in [0.25, 0.3) is 0 Å². The predicted octanol–water partition coefficient (Wildman–Crippen LogP) is 4.11. The van der Waals surface area contributed by atoms with Crippen molar-refractivity contribution in [1.29, 1.82) is 0 Å². The third-order valence-electron chi connectivity index (χ3n) is 2.78. The van der Waals surface area contributed by atoms with Gasteiger partial charge in [0, 0.05) is 17.2 Å². The summed E-state index contributed by atoms with van der Waals surface area (Å²) in [5.41, 5.74) is 10.2. The van der Waals surface area contributed by atoms with Crippen LogP contribution >= 0.6 is 15.9 Å². The molecule has 0 aromatic heterocycles. The van der Waals surface area contributed by atoms with Crippen LogP contribution in [0, 0.1) is 6.92 Å². The highest BCUT2D eigenvalue weighted by molar-refractivity contribution is 9.10. The minimum atomic E-state index is 0.774. The molecule has 2 aromatic carbocycles. The predicted molar refractivity (Wildman–Crippen MR) is 77.8 cm³/mol. The fourth-order valence-corrected chi connectivity index (χ4v) is 2.06. The zero-order valence-corrected chi connectivity index (χ0v) is 11.5. The van der Waals surface area contributed by atoms with Crippen molar-refractivity contribution in [3.63, 3.8) is 0 Å². The third kappa shape index (κ3) is 2.61. The number of nitrogens with zero attached hydrogens (tertiary/aromatic N) is 1. The SMILES string of the molecule is Cc1ccc(N(C)c2cc(Br)ccc2N)cc1. The fourth-order valence-electron chi connectivity index (χ4n) is 1.71. The van der Waals surface area contributed by atoms with Gasteiger partial charge in [-0.3, -0.25) is 0 Å². The van der Waals surface area contributed by atoms with Crippen molar-refractivity contribution in [1.82, 2.24) is 0 Å². The van der Waals surface area contributed by atoms with Crippen molar-refractivity contribution in [3.05, 3.63) is 52.5 Å². The van der Waals surface area contributed by atoms with E-state index in [1.165, 1.54) is 5.56 Å². The van der Waals surface area contributed by atoms with Crippen molar-refractivity contribution in [2.24, 2.45) is 0 Å². The Balaban J connectivity index is 2.39. The molecular weight excluding hydrogens is 276 g/mol. The van der Waals surface area contributed by atoms with Crippen LogP contribution < -0.4 is 10.6 Å². The molecule has 2 aromatic rings. The molecule has 0 saturated heterocycles. The highest BCUT2D eigenvalue weighted by atomic mass is 79.9. The maximum Gasteiger partial charge on any atom is 0.0653 e. The number of nitrogen functional groups attached to an aromatic ring is 1. The topological polar surface area (TPSA) is 29.3 Å². The molecule has 0 amide bonds. The average molecular weight is 291 g/mol. The summed E-state index contributed by atoms with van der Waals surface area (Å²) in [5.74, 6) is 0. The fraction of sp³-hybridized carbons (Fsp3) is 0.143. The van der Waals surface area contributed by atoms with E-state index in [1.54, 1.807) is 0 Å². The Morgan fingerprint density at radius 1 is 1.06 bits per heavy atom. The molecule has 0 spiro atoms. The van der Waals surface area contributed by atoms with Crippen LogP contribution in [0.25, 0.3) is 0 Å². The summed E-state index contributed by atoms with van der Waals surface area (Å²) in [7, 11) is 2.02. The van der Waals surface area contributed by atoms with E-state index < -0.39 is 0 Å². The van der Waals surface area contributed by atoms with Crippen molar-refractivity contribution in [3.8, 4) is 0 Å². The first-order chi connectivity index (χ1) is 8.08. The molecule has 0 heterocycles. The lowest BCUT2D eigenvalue weighted by atomic mass is 10.2. The summed E-state index contributed by atoms with van der Waals surface area (Å²) in [6.45, 7) is 2.08. The molecule has 0 unspecified atom stereocenters. The van der Waals surface area contributed by atoms with E-state index in [-0.39, 0.29) is 0 Å². The second-order valence-corrected chi connectivity index (χ2v) is 5.01. The van der Waals surface area contributed by atoms with Gasteiger partial charge in [-0.15, -0.1) is 0 Å². The Kier molecular flexibility index (Phi) is 3.38. The minimum absolute atomic E-state index is 0.774. The highest BCUT2D eigenvalue weighted by Gasteiger charge is 2.07. The van der Waals surface area contributed by atoms with Gasteiger partial charge in [0.2, 0.25) is 0 Å². The van der Waals surface area contributed by atoms with Crippen molar-refractivity contribution in [2.45, 2.75) is 6.92 Å². The molecular formula is C14H15BrN2. The number of benzene rings is 2. The van der Waals surface area contributed by atoms with Gasteiger partial charge in [0.05, 0.1) is 11.4 Å². The lowest BCUT2D eigenvalue weighted by molar-refractivity contribution is 1.20. The zero-order chi connectivity index (χ0) is 12.4. The zero-order valence-electron chi connectivity index (χ0n) is 9.94. The van der Waals surface area contributed by atoms with E-state index >= 15 is 0 Å². The van der Waals surface area contributed by atoms with Gasteiger partial charge in [-0.1, -0.05) is 33.6 Å². The van der Waals surface area contributed by atoms with Crippen LogP contribution in [0.3, 0.4) is 0 Å². The molecule has 17 heavy (non-hydrogen) atoms. The van der Waals surface area contributed by atoms with Gasteiger partial charge in [-0.05, 0) is 37.3 Å². The number of aryl methyl sites for hydroxylation is 1. The molecule has 2 N–H and O–H groups in total. The number of halogens is 1. The first kappa shape index (κ1) is 12.0. The lowest BCUT2D eigenvalue weighted by Crippen LogP contribution is -2.11. The van der Waals surface area contributed by atoms with E-state index in [9.17, 15) is 0 Å². The highest BCUT2D eigenvalue weighted by Crippen LogP contribution is 2.31. The average Bonchev–Trinajstić information content (AvgIpc) is 2.32. The van der Waals surface area contributed by atoms with E-state index in [0.29, 0.717) is 0 Å². The standard InChI is InChI=1S/C14H15BrN2/c1-10-3-6-12(7-4-10)17(2)14-9-11(15)5-8-13(14)16/h3-9H,16H2,1-2H3. The number of hydrogen-bond donors (Lipinski definition) is 1. The van der Waals surface area contributed by atoms with Crippen LogP contribution in [-0.2, 0) is 0 Å². The molecule has 0 bridgehead atoms. The lowest BCUT2D eigenvalue weighted by Gasteiger charge is -2.21. The van der Waals surface area contributed by atoms with Crippen molar-refractivity contribution in [2.75, 3.05) is 17.7 Å². The van der Waals surface area contributed by atoms with Gasteiger partial charge < -0.3 is 10.6 Å². The van der Waals surface area contributed by atoms with Crippen LogP contribution in [0.2, 0.25) is 0 Å². The van der Waals surface area contributed by atoms with E-state index in [0.717, 1.165) is 21.5 Å². The monoisotopic (exact) mass is 290 g/mol. The molecule has 0 radical (unpaired) electrons. The second-order valence-electron chi connectivity index (χ2n) is 4.10. The maximum atomic E-state index is 6.00. The Bertz CT molecular complexity index is 520. The largest absolute Gasteiger partial charge is 0.397 e. The Labute approximate surface area is 110 Å². The summed E-state index contributed by atoms with van der Waals surface area (Å²) in [6, 6.07) is 14.3. The van der Waals surface area contributed by atoms with Crippen LogP contribution in [0.1, 0.15) is 5.56 Å². The number of hydrogen-bond acceptors (Lipinski definition) is 2. The molecule has 0 aliphatic rings. The maximum absolute atomic E-state index is 6.00. The molecule has 88 valence electrons. The normalized spacial score (nSPS) is 10.3. The molecule has 0 aliphatic heterocycles. The summed E-state index contributed by atoms with van der Waals surface area (Å²) in [6.07, 6.45) is 0. The first-order valence-electron chi connectivity index (χ1n) is 5.43. The first-order valence-corrected chi connectivity index (χ1v) is 6.22. The number of anilines is 3. The summed E-state index contributed by atoms with van der Waals surface area (Å²) < 4.78 is 1.03. The minimum Gasteiger partial charge on any atom is -0.397 e. The molecule has 2 nitrogen and oxygen atoms in total. The van der Waals surface area contributed by atoms with Gasteiger partial charge in [-0.2, -0.15) is 0 Å². The van der Waals surface area contributed by atoms with Gasteiger partial charge in [-0.25, -0.2) is 0 Å². The Hall–Kier alpha value is -1.48. The van der Waals surface area contributed by atoms with Gasteiger partial charge in [0.1, 0.15) is 0 Å². The van der Waals surface area contributed by atoms with Crippen molar-refractivity contribution < 1.29 is 0 Å². The second kappa shape index (κ2) is 4.80. The summed E-state index contributed by atoms with van der Waals surface area (Å²) >= 11 is 3.47. The van der Waals surface area contributed by atoms with Crippen molar-refractivity contribution >= 4 is 33.0 Å². The van der Waals surface area contributed by atoms with E-state index in [1.807, 2.05) is 25.2 Å². The Morgan fingerprint density at radius 2 is 1.71 bits per heavy atom. The molecule has 0 fully saturated rings. The number of rotatable bonds is 2. The van der Waals surface area contributed by atoms with Gasteiger partial charge in [0.15, 0.2) is 0 Å². The number of nitrogens with two attached hydrogens (primary N) is 1. The van der Waals surface area contributed by atoms with Crippen LogP contribution in [-0.4, -0.2) is 7.05 Å². The third-order valence-corrected chi connectivity index (χ3v) is 3.27. The summed E-state index contributed by atoms with van der Waals surface area (Å²) in [4.78, 5) is 2.08. The molecule has 0 atom stereocenters. The molecule has 0 aliphatic carbocycles. The van der Waals surface area contributed by atoms with Gasteiger partial charge >= 0.3 is 0 Å². The van der Waals surface area contributed by atoms with Crippen LogP contribution in [0.5, 0.6) is 0 Å². The van der Waals surface area contributed by atoms with E-state index in [2.05, 4.69) is 52.0 Å². The molecule has 3 heteroatoms. The van der Waals surface area contributed by atoms with E-state index in [4.69, 9.17) is 5.73 Å². The molecule has 2 rings (SSSR count). The summed E-state index contributed by atoms with van der Waals surface area (Å²) in [5, 5.41) is 0. The van der Waals surface area contributed by atoms with Crippen LogP contribution in [0.15, 0.2) is 46.9 Å². The van der Waals surface area contributed by atoms with Crippen LogP contribution in [0.4, 0.5) is 17.1 Å². The molecule has 0 saturated carbocycles. The quantitative estimate of drug-likeness (QED) is 0.844. The smallest absolute Gasteiger partial charge is 0.0653 e. The Morgan fingerprint density at radius 3 is 2.35 bits per heavy atom.